The van der Waals surface area contributed by atoms with Crippen molar-refractivity contribution < 1.29 is 0 Å². The lowest BCUT2D eigenvalue weighted by Crippen LogP contribution is -2.05. The van der Waals surface area contributed by atoms with Gasteiger partial charge in [0.05, 0.1) is 22.1 Å². The third kappa shape index (κ3) is 6.45. The fourth-order valence-electron chi connectivity index (χ4n) is 11.1. The fourth-order valence-corrected chi connectivity index (χ4v) is 19.0. The van der Waals surface area contributed by atoms with Crippen LogP contribution in [0.4, 0.5) is 0 Å². The van der Waals surface area contributed by atoms with Gasteiger partial charge >= 0.3 is 0 Å². The van der Waals surface area contributed by atoms with Crippen molar-refractivity contribution in [2.24, 2.45) is 0 Å². The molecule has 0 aliphatic carbocycles. The molecule has 0 saturated heterocycles. The van der Waals surface area contributed by atoms with Crippen LogP contribution in [0.15, 0.2) is 330 Å². The van der Waals surface area contributed by atoms with Gasteiger partial charge in [0.1, 0.15) is 0 Å². The molecule has 0 spiro atoms. The number of rotatable bonds is 10. The lowest BCUT2D eigenvalue weighted by molar-refractivity contribution is 1.15. The number of aromatic nitrogens is 2. The zero-order valence-corrected chi connectivity index (χ0v) is 40.1. The van der Waals surface area contributed by atoms with Crippen molar-refractivity contribution >= 4 is 63.7 Å². The van der Waals surface area contributed by atoms with Crippen LogP contribution in [0.5, 0.6) is 0 Å². The van der Waals surface area contributed by atoms with Crippen LogP contribution < -0.4 is 0 Å². The molecule has 2 heterocycles. The summed E-state index contributed by atoms with van der Waals surface area (Å²) in [6.07, 6.45) is 0. The van der Waals surface area contributed by atoms with Crippen LogP contribution in [-0.4, -0.2) is 9.13 Å². The first kappa shape index (κ1) is 41.9. The molecule has 0 saturated carbocycles. The van der Waals surface area contributed by atoms with E-state index in [9.17, 15) is 0 Å². The van der Waals surface area contributed by atoms with Gasteiger partial charge in [-0.05, 0) is 140 Å². The molecule has 334 valence electrons. The van der Waals surface area contributed by atoms with Gasteiger partial charge in [-0.3, -0.25) is 0 Å². The van der Waals surface area contributed by atoms with Gasteiger partial charge in [0, 0.05) is 72.1 Å². The van der Waals surface area contributed by atoms with Gasteiger partial charge in [-0.1, -0.05) is 152 Å². The summed E-state index contributed by atoms with van der Waals surface area (Å²) in [7, 11) is -3.78. The van der Waals surface area contributed by atoms with E-state index in [1.807, 2.05) is 0 Å². The molecular formula is C66H48N2S2. The van der Waals surface area contributed by atoms with Gasteiger partial charge in [-0.2, -0.15) is 0 Å². The summed E-state index contributed by atoms with van der Waals surface area (Å²) in [5.41, 5.74) is 7.00. The smallest absolute Gasteiger partial charge is 0.0552 e. The summed E-state index contributed by atoms with van der Waals surface area (Å²) in [5.74, 6) is 0. The molecule has 13 rings (SSSR count). The Balaban J connectivity index is 1.01. The van der Waals surface area contributed by atoms with Crippen molar-refractivity contribution in [2.45, 2.75) is 39.2 Å². The molecule has 0 radical (unpaired) electrons. The maximum absolute atomic E-state index is 2.50. The van der Waals surface area contributed by atoms with Crippen molar-refractivity contribution in [3.8, 4) is 11.4 Å². The fraction of sp³-hybridized carbons (Fsp3) is 0. The predicted molar refractivity (Wildman–Crippen MR) is 295 cm³/mol. The van der Waals surface area contributed by atoms with Crippen LogP contribution >= 0.6 is 20.1 Å². The van der Waals surface area contributed by atoms with Gasteiger partial charge in [-0.15, -0.1) is 20.1 Å². The van der Waals surface area contributed by atoms with Crippen LogP contribution in [0.3, 0.4) is 0 Å². The summed E-state index contributed by atoms with van der Waals surface area (Å²) < 4.78 is 4.95. The third-order valence-corrected chi connectivity index (χ3v) is 21.8. The molecule has 0 unspecified atom stereocenters. The molecule has 0 bridgehead atoms. The highest BCUT2D eigenvalue weighted by molar-refractivity contribution is 8.34. The van der Waals surface area contributed by atoms with Gasteiger partial charge in [0.15, 0.2) is 0 Å². The van der Waals surface area contributed by atoms with Crippen LogP contribution in [0.25, 0.3) is 55.0 Å². The van der Waals surface area contributed by atoms with Crippen molar-refractivity contribution in [2.75, 3.05) is 0 Å². The normalized spacial score (nSPS) is 12.5. The maximum Gasteiger partial charge on any atom is 0.0552 e. The molecule has 0 fully saturated rings. The standard InChI is InChI=1S/C66H48N2S2/c1-7-24-51(25-8-1)69(52-26-9-2-10-27-52,53-28-11-3-12-29-53)57-45-42-49(43-46-57)67-61-38-21-19-36-58(61)60-48-50(44-47-63(60)67)68-62-39-22-20-37-59(62)66-64(68)40-23-41-65(66)70(54-30-13-4-14-31-54,55-32-15-5-16-33-55)56-34-17-6-18-35-56/h1-48H. The number of benzene rings is 11. The monoisotopic (exact) mass is 932 g/mol. The van der Waals surface area contributed by atoms with E-state index in [1.165, 1.54) is 82.8 Å². The van der Waals surface area contributed by atoms with Gasteiger partial charge in [-0.25, -0.2) is 0 Å². The van der Waals surface area contributed by atoms with Crippen molar-refractivity contribution in [1.29, 1.82) is 0 Å². The van der Waals surface area contributed by atoms with Crippen molar-refractivity contribution in [3.05, 3.63) is 291 Å². The first-order valence-corrected chi connectivity index (χ1v) is 27.2. The minimum atomic E-state index is -1.96. The molecule has 0 amide bonds. The Hall–Kier alpha value is -8.28. The SMILES string of the molecule is c1ccc(S(c2ccccc2)(c2ccccc2)c2ccc(-n3c4ccccc4c4cc(-n5c6ccccc6c6c(S(c7ccccc7)(c7ccccc7)c7ccccc7)cccc65)ccc43)cc2)cc1. The van der Waals surface area contributed by atoms with Crippen LogP contribution in [0.1, 0.15) is 0 Å². The zero-order valence-electron chi connectivity index (χ0n) is 38.4. The lowest BCUT2D eigenvalue weighted by atomic mass is 10.1. The minimum Gasteiger partial charge on any atom is -0.309 e. The number of nitrogens with zero attached hydrogens (tertiary/aromatic N) is 2. The second-order valence-electron chi connectivity index (χ2n) is 17.7. The molecule has 2 nitrogen and oxygen atoms in total. The second-order valence-corrected chi connectivity index (χ2v) is 23.8. The van der Waals surface area contributed by atoms with Crippen molar-refractivity contribution in [3.63, 3.8) is 0 Å². The predicted octanol–water partition coefficient (Wildman–Crippen LogP) is 18.6. The Morgan fingerprint density at radius 1 is 0.214 bits per heavy atom. The van der Waals surface area contributed by atoms with E-state index >= 15 is 0 Å². The highest BCUT2D eigenvalue weighted by atomic mass is 32.3. The maximum atomic E-state index is 2.50. The molecular weight excluding hydrogens is 885 g/mol. The number of hydrogen-bond acceptors (Lipinski definition) is 0. The first-order chi connectivity index (χ1) is 34.8. The lowest BCUT2D eigenvalue weighted by Gasteiger charge is -2.42. The highest BCUT2D eigenvalue weighted by Gasteiger charge is 2.36. The molecule has 70 heavy (non-hydrogen) atoms. The number of fused-ring (bicyclic) bond motifs is 6. The van der Waals surface area contributed by atoms with E-state index in [0.717, 1.165) is 11.4 Å². The number of para-hydroxylation sites is 2. The molecule has 4 heteroatoms. The molecule has 13 aromatic rings. The Kier molecular flexibility index (Phi) is 10.4. The molecule has 0 N–H and O–H groups in total. The molecule has 0 atom stereocenters. The largest absolute Gasteiger partial charge is 0.309 e. The molecule has 11 aromatic carbocycles. The van der Waals surface area contributed by atoms with Gasteiger partial charge < -0.3 is 9.13 Å². The summed E-state index contributed by atoms with van der Waals surface area (Å²) in [6, 6.07) is 108. The Morgan fingerprint density at radius 2 is 0.557 bits per heavy atom. The molecule has 0 aliphatic rings. The first-order valence-electron chi connectivity index (χ1n) is 23.9. The van der Waals surface area contributed by atoms with E-state index in [-0.39, 0.29) is 0 Å². The van der Waals surface area contributed by atoms with Gasteiger partial charge in [0.25, 0.3) is 0 Å². The Bertz CT molecular complexity index is 3770. The van der Waals surface area contributed by atoms with Crippen LogP contribution in [-0.2, 0) is 0 Å². The van der Waals surface area contributed by atoms with E-state index < -0.39 is 20.1 Å². The Labute approximate surface area is 412 Å². The third-order valence-electron chi connectivity index (χ3n) is 13.9. The summed E-state index contributed by atoms with van der Waals surface area (Å²) in [6.45, 7) is 0. The van der Waals surface area contributed by atoms with Crippen LogP contribution in [0.2, 0.25) is 0 Å². The second kappa shape index (κ2) is 17.4. The minimum absolute atomic E-state index is 1.13. The topological polar surface area (TPSA) is 9.86 Å². The van der Waals surface area contributed by atoms with Crippen molar-refractivity contribution in [1.82, 2.24) is 9.13 Å². The molecule has 2 aromatic heterocycles. The van der Waals surface area contributed by atoms with E-state index in [1.54, 1.807) is 0 Å². The molecule has 0 aliphatic heterocycles. The highest BCUT2D eigenvalue weighted by Crippen LogP contribution is 2.75. The van der Waals surface area contributed by atoms with Crippen LogP contribution in [0, 0.1) is 0 Å². The average molecular weight is 933 g/mol. The Morgan fingerprint density at radius 3 is 1.04 bits per heavy atom. The summed E-state index contributed by atoms with van der Waals surface area (Å²) in [4.78, 5) is 10.5. The quantitative estimate of drug-likeness (QED) is 0.129. The zero-order chi connectivity index (χ0) is 46.5. The average Bonchev–Trinajstić information content (AvgIpc) is 3.96. The van der Waals surface area contributed by atoms with E-state index in [0.29, 0.717) is 0 Å². The van der Waals surface area contributed by atoms with Gasteiger partial charge in [0.2, 0.25) is 0 Å². The van der Waals surface area contributed by atoms with E-state index in [4.69, 9.17) is 0 Å². The van der Waals surface area contributed by atoms with E-state index in [2.05, 4.69) is 300 Å². The summed E-state index contributed by atoms with van der Waals surface area (Å²) >= 11 is 0. The summed E-state index contributed by atoms with van der Waals surface area (Å²) in [5, 5.41) is 4.97. The number of hydrogen-bond donors (Lipinski definition) is 0.